The maximum Gasteiger partial charge on any atom is 0.222 e. The maximum atomic E-state index is 12.6. The van der Waals surface area contributed by atoms with E-state index in [1.54, 1.807) is 4.68 Å². The van der Waals surface area contributed by atoms with E-state index in [2.05, 4.69) is 35.7 Å². The molecule has 0 unspecified atom stereocenters. The number of hydrogen-bond donors (Lipinski definition) is 0. The largest absolute Gasteiger partial charge is 0.342 e. The highest BCUT2D eigenvalue weighted by Crippen LogP contribution is 2.39. The second-order valence-corrected chi connectivity index (χ2v) is 9.46. The van der Waals surface area contributed by atoms with Gasteiger partial charge in [0, 0.05) is 51.3 Å². The Morgan fingerprint density at radius 1 is 1.24 bits per heavy atom. The number of nitrogens with zero attached hydrogens (tertiary/aromatic N) is 4. The van der Waals surface area contributed by atoms with Gasteiger partial charge in [-0.2, -0.15) is 5.10 Å². The average molecular weight is 347 g/mol. The molecule has 0 N–H and O–H groups in total. The lowest BCUT2D eigenvalue weighted by Crippen LogP contribution is -2.47. The summed E-state index contributed by atoms with van der Waals surface area (Å²) in [6, 6.07) is 0. The van der Waals surface area contributed by atoms with Crippen LogP contribution in [0.1, 0.15) is 52.0 Å². The minimum absolute atomic E-state index is 0.314. The van der Waals surface area contributed by atoms with Crippen LogP contribution in [0.4, 0.5) is 0 Å². The molecule has 5 nitrogen and oxygen atoms in total. The van der Waals surface area contributed by atoms with Gasteiger partial charge in [-0.15, -0.1) is 0 Å². The van der Waals surface area contributed by atoms with Gasteiger partial charge < -0.3 is 9.80 Å². The molecule has 0 aliphatic carbocycles. The van der Waals surface area contributed by atoms with Gasteiger partial charge in [0.2, 0.25) is 5.91 Å². The second kappa shape index (κ2) is 7.10. The molecule has 2 saturated heterocycles. The fraction of sp³-hybridized carbons (Fsp3) is 0.800. The zero-order chi connectivity index (χ0) is 18.1. The van der Waals surface area contributed by atoms with Crippen LogP contribution in [0.2, 0.25) is 0 Å². The topological polar surface area (TPSA) is 41.4 Å². The van der Waals surface area contributed by atoms with E-state index in [0.29, 0.717) is 23.2 Å². The van der Waals surface area contributed by atoms with Crippen LogP contribution in [-0.4, -0.2) is 58.2 Å². The van der Waals surface area contributed by atoms with Gasteiger partial charge in [-0.25, -0.2) is 0 Å². The third-order valence-electron chi connectivity index (χ3n) is 5.62. The molecule has 1 amide bonds. The molecule has 25 heavy (non-hydrogen) atoms. The van der Waals surface area contributed by atoms with Crippen molar-refractivity contribution in [3.05, 3.63) is 18.0 Å². The predicted octanol–water partition coefficient (Wildman–Crippen LogP) is 2.71. The van der Waals surface area contributed by atoms with E-state index < -0.39 is 0 Å². The number of carbonyl (C=O) groups excluding carboxylic acids is 1. The molecule has 140 valence electrons. The fourth-order valence-corrected chi connectivity index (χ4v) is 4.61. The SMILES string of the molecule is Cn1cc(CCC(=O)N2CC[C@]3(CCCN(CC(C)(C)C)C3)C2)cn1. The van der Waals surface area contributed by atoms with E-state index in [4.69, 9.17) is 0 Å². The van der Waals surface area contributed by atoms with Crippen LogP contribution in [-0.2, 0) is 18.3 Å². The Balaban J connectivity index is 1.52. The quantitative estimate of drug-likeness (QED) is 0.842. The molecule has 2 fully saturated rings. The first-order valence-corrected chi connectivity index (χ1v) is 9.72. The molecule has 3 heterocycles. The van der Waals surface area contributed by atoms with Crippen LogP contribution < -0.4 is 0 Å². The molecule has 0 bridgehead atoms. The Bertz CT molecular complexity index is 603. The number of carbonyl (C=O) groups is 1. The van der Waals surface area contributed by atoms with Gasteiger partial charge in [0.15, 0.2) is 0 Å². The summed E-state index contributed by atoms with van der Waals surface area (Å²) in [7, 11) is 1.92. The van der Waals surface area contributed by atoms with Gasteiger partial charge >= 0.3 is 0 Å². The lowest BCUT2D eigenvalue weighted by molar-refractivity contribution is -0.130. The van der Waals surface area contributed by atoms with Gasteiger partial charge in [-0.1, -0.05) is 20.8 Å². The maximum absolute atomic E-state index is 12.6. The number of amides is 1. The summed E-state index contributed by atoms with van der Waals surface area (Å²) < 4.78 is 1.80. The molecular formula is C20H34N4O. The van der Waals surface area contributed by atoms with E-state index in [1.807, 2.05) is 19.4 Å². The Hall–Kier alpha value is -1.36. The molecule has 1 spiro atoms. The minimum Gasteiger partial charge on any atom is -0.342 e. The summed E-state index contributed by atoms with van der Waals surface area (Å²) in [6.45, 7) is 12.4. The van der Waals surface area contributed by atoms with Gasteiger partial charge in [0.05, 0.1) is 6.20 Å². The molecule has 2 aliphatic heterocycles. The number of aromatic nitrogens is 2. The van der Waals surface area contributed by atoms with E-state index >= 15 is 0 Å². The fourth-order valence-electron chi connectivity index (χ4n) is 4.61. The minimum atomic E-state index is 0.314. The molecule has 1 atom stereocenters. The highest BCUT2D eigenvalue weighted by Gasteiger charge is 2.42. The van der Waals surface area contributed by atoms with Crippen LogP contribution in [0.3, 0.4) is 0 Å². The molecule has 5 heteroatoms. The second-order valence-electron chi connectivity index (χ2n) is 9.46. The van der Waals surface area contributed by atoms with Gasteiger partial charge in [-0.05, 0) is 43.2 Å². The van der Waals surface area contributed by atoms with Crippen LogP contribution in [0, 0.1) is 10.8 Å². The summed E-state index contributed by atoms with van der Waals surface area (Å²) in [4.78, 5) is 17.4. The Morgan fingerprint density at radius 3 is 2.72 bits per heavy atom. The third-order valence-corrected chi connectivity index (χ3v) is 5.62. The van der Waals surface area contributed by atoms with Crippen LogP contribution in [0.25, 0.3) is 0 Å². The van der Waals surface area contributed by atoms with Gasteiger partial charge in [0.1, 0.15) is 0 Å². The number of rotatable bonds is 4. The number of likely N-dealkylation sites (tertiary alicyclic amines) is 2. The smallest absolute Gasteiger partial charge is 0.222 e. The molecule has 3 rings (SSSR count). The van der Waals surface area contributed by atoms with Crippen molar-refractivity contribution in [3.8, 4) is 0 Å². The summed E-state index contributed by atoms with van der Waals surface area (Å²) in [5.74, 6) is 0.314. The van der Waals surface area contributed by atoms with Crippen molar-refractivity contribution in [1.82, 2.24) is 19.6 Å². The zero-order valence-corrected chi connectivity index (χ0v) is 16.4. The normalized spacial score (nSPS) is 25.0. The number of hydrogen-bond acceptors (Lipinski definition) is 3. The molecule has 0 radical (unpaired) electrons. The third kappa shape index (κ3) is 4.84. The Labute approximate surface area is 152 Å². The highest BCUT2D eigenvalue weighted by atomic mass is 16.2. The van der Waals surface area contributed by atoms with Crippen LogP contribution >= 0.6 is 0 Å². The Kier molecular flexibility index (Phi) is 5.24. The van der Waals surface area contributed by atoms with Crippen molar-refractivity contribution in [2.24, 2.45) is 17.9 Å². The van der Waals surface area contributed by atoms with E-state index in [0.717, 1.165) is 38.2 Å². The highest BCUT2D eigenvalue weighted by molar-refractivity contribution is 5.76. The standard InChI is InChI=1S/C20H34N4O/c1-19(2,3)14-23-10-5-8-20(15-23)9-11-24(16-20)18(25)7-6-17-12-21-22(4)13-17/h12-13H,5-11,14-16H2,1-4H3/t20-/m0/s1. The first-order valence-electron chi connectivity index (χ1n) is 9.72. The first kappa shape index (κ1) is 18.4. The van der Waals surface area contributed by atoms with Crippen LogP contribution in [0.15, 0.2) is 12.4 Å². The van der Waals surface area contributed by atoms with E-state index in [1.165, 1.54) is 25.8 Å². The average Bonchev–Trinajstić information content (AvgIpc) is 3.10. The lowest BCUT2D eigenvalue weighted by Gasteiger charge is -2.42. The lowest BCUT2D eigenvalue weighted by atomic mass is 9.78. The first-order chi connectivity index (χ1) is 11.7. The predicted molar refractivity (Wildman–Crippen MR) is 100 cm³/mol. The summed E-state index contributed by atoms with van der Waals surface area (Å²) >= 11 is 0. The van der Waals surface area contributed by atoms with Crippen molar-refractivity contribution < 1.29 is 4.79 Å². The number of aryl methyl sites for hydroxylation is 2. The van der Waals surface area contributed by atoms with Gasteiger partial charge in [0.25, 0.3) is 0 Å². The number of piperidine rings is 1. The molecule has 0 saturated carbocycles. The summed E-state index contributed by atoms with van der Waals surface area (Å²) in [5.41, 5.74) is 1.84. The van der Waals surface area contributed by atoms with Crippen LogP contribution in [0.5, 0.6) is 0 Å². The molecule has 1 aromatic rings. The van der Waals surface area contributed by atoms with Gasteiger partial charge in [-0.3, -0.25) is 9.48 Å². The molecule has 1 aromatic heterocycles. The van der Waals surface area contributed by atoms with Crippen molar-refractivity contribution in [1.29, 1.82) is 0 Å². The van der Waals surface area contributed by atoms with Crippen molar-refractivity contribution in [3.63, 3.8) is 0 Å². The van der Waals surface area contributed by atoms with Crippen molar-refractivity contribution >= 4 is 5.91 Å². The van der Waals surface area contributed by atoms with Crippen molar-refractivity contribution in [2.45, 2.75) is 52.9 Å². The monoisotopic (exact) mass is 346 g/mol. The van der Waals surface area contributed by atoms with E-state index in [-0.39, 0.29) is 0 Å². The molecule has 2 aliphatic rings. The summed E-state index contributed by atoms with van der Waals surface area (Å²) in [5, 5.41) is 4.18. The van der Waals surface area contributed by atoms with E-state index in [9.17, 15) is 4.79 Å². The Morgan fingerprint density at radius 2 is 2.04 bits per heavy atom. The van der Waals surface area contributed by atoms with Crippen molar-refractivity contribution in [2.75, 3.05) is 32.7 Å². The summed E-state index contributed by atoms with van der Waals surface area (Å²) in [6.07, 6.45) is 8.99. The molecule has 0 aromatic carbocycles. The zero-order valence-electron chi connectivity index (χ0n) is 16.4. The molecular weight excluding hydrogens is 312 g/mol.